The lowest BCUT2D eigenvalue weighted by molar-refractivity contribution is 0.585. The second-order valence-corrected chi connectivity index (χ2v) is 18.1. The van der Waals surface area contributed by atoms with Crippen LogP contribution in [0.1, 0.15) is 123 Å². The largest absolute Gasteiger partial charge is 0.0801 e. The lowest BCUT2D eigenvalue weighted by Crippen LogP contribution is -2.29. The SMILES string of the molecule is CCCCC(CCCC)=c1c(C(C)(C)C)c(-c2cccc3ccccc23)c(C2=CC=CC2)c2c1=c1cc(C(C)(C)C)c(-c3cccc4ccccc34)cc1=C2. The second kappa shape index (κ2) is 14.6. The summed E-state index contributed by atoms with van der Waals surface area (Å²) in [5.74, 6) is 0. The summed E-state index contributed by atoms with van der Waals surface area (Å²) >= 11 is 0. The van der Waals surface area contributed by atoms with Crippen LogP contribution in [0.3, 0.4) is 0 Å². The van der Waals surface area contributed by atoms with Gasteiger partial charge in [-0.1, -0.05) is 177 Å². The van der Waals surface area contributed by atoms with Crippen LogP contribution in [0.15, 0.2) is 115 Å². The fourth-order valence-corrected chi connectivity index (χ4v) is 9.54. The Kier molecular flexibility index (Phi) is 9.83. The predicted octanol–water partition coefficient (Wildman–Crippen LogP) is 14.2. The quantitative estimate of drug-likeness (QED) is 0.139. The summed E-state index contributed by atoms with van der Waals surface area (Å²) in [7, 11) is 0. The Morgan fingerprint density at radius 1 is 0.618 bits per heavy atom. The van der Waals surface area contributed by atoms with E-state index in [4.69, 9.17) is 0 Å². The normalized spacial score (nSPS) is 13.6. The Labute approximate surface area is 329 Å². The number of fused-ring (bicyclic) bond motifs is 4. The van der Waals surface area contributed by atoms with Gasteiger partial charge in [0, 0.05) is 0 Å². The van der Waals surface area contributed by atoms with E-state index in [9.17, 15) is 0 Å². The maximum atomic E-state index is 2.62. The van der Waals surface area contributed by atoms with E-state index in [1.165, 1.54) is 118 Å². The summed E-state index contributed by atoms with van der Waals surface area (Å²) in [5.41, 5.74) is 14.1. The van der Waals surface area contributed by atoms with E-state index in [2.05, 4.69) is 177 Å². The van der Waals surface area contributed by atoms with E-state index < -0.39 is 0 Å². The molecule has 6 aromatic rings. The fourth-order valence-electron chi connectivity index (χ4n) is 9.54. The fraction of sp³-hybridized carbons (Fsp3) is 0.309. The monoisotopic (exact) mass is 718 g/mol. The zero-order valence-electron chi connectivity index (χ0n) is 34.5. The highest BCUT2D eigenvalue weighted by molar-refractivity contribution is 6.03. The smallest absolute Gasteiger partial charge is 0.00234 e. The van der Waals surface area contributed by atoms with Crippen LogP contribution in [0.2, 0.25) is 0 Å². The first-order valence-electron chi connectivity index (χ1n) is 21.0. The summed E-state index contributed by atoms with van der Waals surface area (Å²) in [5, 5.41) is 11.0. The van der Waals surface area contributed by atoms with Crippen molar-refractivity contribution in [2.24, 2.45) is 0 Å². The van der Waals surface area contributed by atoms with Gasteiger partial charge in [0.1, 0.15) is 0 Å². The minimum atomic E-state index is -0.111. The molecule has 55 heavy (non-hydrogen) atoms. The van der Waals surface area contributed by atoms with Crippen LogP contribution in [0, 0.1) is 10.4 Å². The highest BCUT2D eigenvalue weighted by Crippen LogP contribution is 2.45. The van der Waals surface area contributed by atoms with Gasteiger partial charge in [-0.3, -0.25) is 0 Å². The van der Waals surface area contributed by atoms with Gasteiger partial charge in [0.2, 0.25) is 0 Å². The Hall–Kier alpha value is -4.94. The van der Waals surface area contributed by atoms with Gasteiger partial charge in [0.15, 0.2) is 0 Å². The Morgan fingerprint density at radius 2 is 1.22 bits per heavy atom. The zero-order valence-corrected chi connectivity index (χ0v) is 34.5. The van der Waals surface area contributed by atoms with Gasteiger partial charge in [-0.15, -0.1) is 0 Å². The lowest BCUT2D eigenvalue weighted by atomic mass is 9.73. The number of rotatable bonds is 9. The number of hydrogen-bond donors (Lipinski definition) is 0. The number of allylic oxidation sites excluding steroid dienone is 4. The standard InChI is InChI=1S/C55H58/c1-9-11-21-39(22-12-10-2)50-51-45-35-48(54(3,4)5)46(43-31-19-27-36-23-15-17-29-41(36)43)33-40(45)34-47(51)49(38-25-13-14-26-38)52(53(50)55(6,7)8)44-32-20-28-37-24-16-18-30-42(37)44/h13-20,23-25,27-35H,9-12,21-22,26H2,1-8H3. The van der Waals surface area contributed by atoms with Crippen molar-refractivity contribution in [1.82, 2.24) is 0 Å². The van der Waals surface area contributed by atoms with Gasteiger partial charge in [-0.2, -0.15) is 0 Å². The summed E-state index contributed by atoms with van der Waals surface area (Å²) in [6.45, 7) is 19.3. The molecule has 2 aliphatic rings. The minimum Gasteiger partial charge on any atom is -0.0801 e. The molecule has 2 aliphatic carbocycles. The molecule has 0 aromatic heterocycles. The molecule has 0 radical (unpaired) electrons. The molecule has 0 spiro atoms. The van der Waals surface area contributed by atoms with E-state index >= 15 is 0 Å². The van der Waals surface area contributed by atoms with Crippen LogP contribution < -0.4 is 10.4 Å². The molecule has 0 atom stereocenters. The van der Waals surface area contributed by atoms with Crippen LogP contribution in [0.4, 0.5) is 0 Å². The summed E-state index contributed by atoms with van der Waals surface area (Å²) < 4.78 is 0. The second-order valence-electron chi connectivity index (χ2n) is 18.1. The Morgan fingerprint density at radius 3 is 1.80 bits per heavy atom. The molecule has 278 valence electrons. The molecule has 0 amide bonds. The van der Waals surface area contributed by atoms with Gasteiger partial charge in [0.05, 0.1) is 0 Å². The molecule has 0 fully saturated rings. The van der Waals surface area contributed by atoms with E-state index in [-0.39, 0.29) is 10.8 Å². The average molecular weight is 719 g/mol. The van der Waals surface area contributed by atoms with Crippen LogP contribution in [0.25, 0.3) is 61.0 Å². The third-order valence-electron chi connectivity index (χ3n) is 12.1. The molecule has 0 saturated carbocycles. The van der Waals surface area contributed by atoms with Crippen LogP contribution in [0.5, 0.6) is 0 Å². The van der Waals surface area contributed by atoms with E-state index in [0.29, 0.717) is 0 Å². The molecule has 0 saturated heterocycles. The summed E-state index contributed by atoms with van der Waals surface area (Å²) in [6, 6.07) is 36.9. The highest BCUT2D eigenvalue weighted by atomic mass is 14.3. The molecular formula is C55H58. The van der Waals surface area contributed by atoms with Crippen molar-refractivity contribution in [2.45, 2.75) is 111 Å². The Balaban J connectivity index is 1.66. The highest BCUT2D eigenvalue weighted by Gasteiger charge is 2.31. The molecule has 0 nitrogen and oxygen atoms in total. The van der Waals surface area contributed by atoms with Crippen molar-refractivity contribution in [2.75, 3.05) is 0 Å². The first kappa shape index (κ1) is 37.0. The van der Waals surface area contributed by atoms with E-state index in [1.807, 2.05) is 0 Å². The van der Waals surface area contributed by atoms with E-state index in [1.54, 1.807) is 5.57 Å². The van der Waals surface area contributed by atoms with Gasteiger partial charge in [0.25, 0.3) is 0 Å². The van der Waals surface area contributed by atoms with Crippen LogP contribution in [-0.2, 0) is 10.8 Å². The average Bonchev–Trinajstić information content (AvgIpc) is 3.84. The summed E-state index contributed by atoms with van der Waals surface area (Å²) in [4.78, 5) is 0. The topological polar surface area (TPSA) is 0 Å². The molecule has 0 N–H and O–H groups in total. The third kappa shape index (κ3) is 6.63. The molecule has 0 heteroatoms. The van der Waals surface area contributed by atoms with Crippen LogP contribution >= 0.6 is 0 Å². The molecule has 8 rings (SSSR count). The first-order valence-corrected chi connectivity index (χ1v) is 21.0. The predicted molar refractivity (Wildman–Crippen MR) is 241 cm³/mol. The lowest BCUT2D eigenvalue weighted by Gasteiger charge is -2.30. The first-order chi connectivity index (χ1) is 26.5. The molecule has 0 bridgehead atoms. The number of unbranched alkanes of at least 4 members (excludes halogenated alkanes) is 2. The van der Waals surface area contributed by atoms with Crippen molar-refractivity contribution in [1.29, 1.82) is 0 Å². The van der Waals surface area contributed by atoms with Crippen molar-refractivity contribution in [3.63, 3.8) is 0 Å². The maximum Gasteiger partial charge on any atom is -0.00234 e. The molecule has 0 unspecified atom stereocenters. The van der Waals surface area contributed by atoms with Crippen molar-refractivity contribution >= 4 is 38.8 Å². The van der Waals surface area contributed by atoms with Gasteiger partial charge in [-0.05, 0) is 154 Å². The molecule has 6 aromatic carbocycles. The van der Waals surface area contributed by atoms with Gasteiger partial charge in [-0.25, -0.2) is 0 Å². The minimum absolute atomic E-state index is 0.0579. The van der Waals surface area contributed by atoms with Crippen LogP contribution in [-0.4, -0.2) is 0 Å². The van der Waals surface area contributed by atoms with E-state index in [0.717, 1.165) is 19.3 Å². The Bertz CT molecular complexity index is 2730. The molecule has 0 heterocycles. The van der Waals surface area contributed by atoms with Gasteiger partial charge < -0.3 is 0 Å². The zero-order chi connectivity index (χ0) is 38.5. The maximum absolute atomic E-state index is 2.62. The third-order valence-corrected chi connectivity index (χ3v) is 12.1. The van der Waals surface area contributed by atoms with Crippen molar-refractivity contribution < 1.29 is 0 Å². The molecule has 0 aliphatic heterocycles. The van der Waals surface area contributed by atoms with Crippen molar-refractivity contribution in [3.8, 4) is 22.3 Å². The van der Waals surface area contributed by atoms with Gasteiger partial charge >= 0.3 is 0 Å². The number of hydrogen-bond acceptors (Lipinski definition) is 0. The molecular weight excluding hydrogens is 661 g/mol. The summed E-state index contributed by atoms with van der Waals surface area (Å²) in [6.07, 6.45) is 17.6. The number of benzene rings is 6. The van der Waals surface area contributed by atoms with Crippen molar-refractivity contribution in [3.05, 3.63) is 158 Å².